The Labute approximate surface area is 113 Å². The molecule has 1 atom stereocenters. The van der Waals surface area contributed by atoms with E-state index < -0.39 is 0 Å². The van der Waals surface area contributed by atoms with E-state index >= 15 is 0 Å². The van der Waals surface area contributed by atoms with Gasteiger partial charge in [-0.05, 0) is 19.8 Å². The molecule has 102 valence electrons. The number of hydrogen-bond donors (Lipinski definition) is 2. The van der Waals surface area contributed by atoms with Crippen molar-refractivity contribution in [3.63, 3.8) is 0 Å². The van der Waals surface area contributed by atoms with Crippen molar-refractivity contribution in [3.8, 4) is 0 Å². The number of nitrogens with two attached hydrogens (primary N) is 1. The summed E-state index contributed by atoms with van der Waals surface area (Å²) in [6.45, 7) is 6.10. The average Bonchev–Trinajstić information content (AvgIpc) is 2.77. The fourth-order valence-corrected chi connectivity index (χ4v) is 2.68. The Morgan fingerprint density at radius 3 is 2.50 bits per heavy atom. The van der Waals surface area contributed by atoms with Crippen molar-refractivity contribution in [2.75, 3.05) is 5.32 Å². The topological polar surface area (TPSA) is 68.0 Å². The van der Waals surface area contributed by atoms with Gasteiger partial charge in [-0.25, -0.2) is 4.98 Å². The van der Waals surface area contributed by atoms with Crippen LogP contribution in [0.3, 0.4) is 0 Å². The molecule has 0 saturated heterocycles. The van der Waals surface area contributed by atoms with Crippen LogP contribution in [0.15, 0.2) is 5.38 Å². The SMILES string of the molecule is CCCC(CCC)C(=O)Nc1nc(C(C)N)cs1. The van der Waals surface area contributed by atoms with Crippen LogP contribution >= 0.6 is 11.3 Å². The second kappa shape index (κ2) is 7.48. The van der Waals surface area contributed by atoms with E-state index in [4.69, 9.17) is 5.73 Å². The van der Waals surface area contributed by atoms with Gasteiger partial charge in [0.2, 0.25) is 5.91 Å². The van der Waals surface area contributed by atoms with Crippen LogP contribution in [-0.4, -0.2) is 10.9 Å². The Morgan fingerprint density at radius 2 is 2.06 bits per heavy atom. The van der Waals surface area contributed by atoms with Gasteiger partial charge in [0.15, 0.2) is 5.13 Å². The second-order valence-electron chi connectivity index (χ2n) is 4.63. The molecular weight excluding hydrogens is 246 g/mol. The van der Waals surface area contributed by atoms with Crippen LogP contribution in [0.2, 0.25) is 0 Å². The first-order chi connectivity index (χ1) is 8.58. The van der Waals surface area contributed by atoms with Crippen LogP contribution in [0.4, 0.5) is 5.13 Å². The molecule has 0 spiro atoms. The second-order valence-corrected chi connectivity index (χ2v) is 5.49. The molecule has 0 bridgehead atoms. The number of aromatic nitrogens is 1. The van der Waals surface area contributed by atoms with E-state index in [2.05, 4.69) is 24.1 Å². The fourth-order valence-electron chi connectivity index (χ4n) is 1.86. The molecule has 1 rings (SSSR count). The van der Waals surface area contributed by atoms with Crippen LogP contribution in [0.5, 0.6) is 0 Å². The predicted octanol–water partition coefficient (Wildman–Crippen LogP) is 3.32. The highest BCUT2D eigenvalue weighted by atomic mass is 32.1. The van der Waals surface area contributed by atoms with E-state index in [1.54, 1.807) is 0 Å². The van der Waals surface area contributed by atoms with Gasteiger partial charge in [0, 0.05) is 17.3 Å². The lowest BCUT2D eigenvalue weighted by atomic mass is 9.97. The summed E-state index contributed by atoms with van der Waals surface area (Å²) in [4.78, 5) is 16.4. The molecule has 1 unspecified atom stereocenters. The predicted molar refractivity (Wildman–Crippen MR) is 76.7 cm³/mol. The largest absolute Gasteiger partial charge is 0.323 e. The maximum Gasteiger partial charge on any atom is 0.229 e. The third kappa shape index (κ3) is 4.38. The zero-order chi connectivity index (χ0) is 13.5. The molecule has 5 heteroatoms. The normalized spacial score (nSPS) is 12.7. The Morgan fingerprint density at radius 1 is 1.44 bits per heavy atom. The molecule has 0 saturated carbocycles. The monoisotopic (exact) mass is 269 g/mol. The molecule has 0 aromatic carbocycles. The molecule has 0 radical (unpaired) electrons. The number of nitrogens with one attached hydrogen (secondary N) is 1. The Bertz CT molecular complexity index is 370. The van der Waals surface area contributed by atoms with Crippen LogP contribution < -0.4 is 11.1 Å². The van der Waals surface area contributed by atoms with Gasteiger partial charge in [-0.1, -0.05) is 26.7 Å². The summed E-state index contributed by atoms with van der Waals surface area (Å²) in [6.07, 6.45) is 3.93. The molecule has 18 heavy (non-hydrogen) atoms. The molecular formula is C13H23N3OS. The number of rotatable bonds is 7. The number of amides is 1. The lowest BCUT2D eigenvalue weighted by Gasteiger charge is -2.13. The van der Waals surface area contributed by atoms with E-state index in [1.807, 2.05) is 12.3 Å². The van der Waals surface area contributed by atoms with Crippen molar-refractivity contribution in [1.29, 1.82) is 0 Å². The van der Waals surface area contributed by atoms with Crippen molar-refractivity contribution in [2.45, 2.75) is 52.5 Å². The van der Waals surface area contributed by atoms with Crippen molar-refractivity contribution >= 4 is 22.4 Å². The first-order valence-electron chi connectivity index (χ1n) is 6.60. The minimum absolute atomic E-state index is 0.0873. The minimum atomic E-state index is -0.0889. The van der Waals surface area contributed by atoms with E-state index in [1.165, 1.54) is 11.3 Å². The fraction of sp³-hybridized carbons (Fsp3) is 0.692. The molecule has 0 aliphatic heterocycles. The molecule has 1 amide bonds. The van der Waals surface area contributed by atoms with Crippen molar-refractivity contribution in [1.82, 2.24) is 4.98 Å². The Kier molecular flexibility index (Phi) is 6.29. The van der Waals surface area contributed by atoms with Crippen LogP contribution in [0.1, 0.15) is 58.2 Å². The smallest absolute Gasteiger partial charge is 0.229 e. The van der Waals surface area contributed by atoms with Gasteiger partial charge in [-0.3, -0.25) is 4.79 Å². The van der Waals surface area contributed by atoms with Gasteiger partial charge in [0.25, 0.3) is 0 Å². The summed E-state index contributed by atoms with van der Waals surface area (Å²) >= 11 is 1.44. The summed E-state index contributed by atoms with van der Waals surface area (Å²) in [5.74, 6) is 0.187. The third-order valence-corrected chi connectivity index (χ3v) is 3.64. The van der Waals surface area contributed by atoms with Crippen molar-refractivity contribution in [2.24, 2.45) is 11.7 Å². The van der Waals surface area contributed by atoms with Gasteiger partial charge >= 0.3 is 0 Å². The lowest BCUT2D eigenvalue weighted by Crippen LogP contribution is -2.22. The van der Waals surface area contributed by atoms with Crippen LogP contribution in [0, 0.1) is 5.92 Å². The van der Waals surface area contributed by atoms with Crippen molar-refractivity contribution in [3.05, 3.63) is 11.1 Å². The Balaban J connectivity index is 2.60. The molecule has 0 aliphatic rings. The molecule has 1 aromatic heterocycles. The van der Waals surface area contributed by atoms with Crippen molar-refractivity contribution < 1.29 is 4.79 Å². The summed E-state index contributed by atoms with van der Waals surface area (Å²) in [5.41, 5.74) is 6.58. The molecule has 1 aromatic rings. The number of thiazole rings is 1. The van der Waals surface area contributed by atoms with Gasteiger partial charge in [0.1, 0.15) is 0 Å². The molecule has 1 heterocycles. The highest BCUT2D eigenvalue weighted by Gasteiger charge is 2.18. The molecule has 3 N–H and O–H groups in total. The maximum atomic E-state index is 12.1. The Hall–Kier alpha value is -0.940. The van der Waals surface area contributed by atoms with E-state index in [0.29, 0.717) is 5.13 Å². The van der Waals surface area contributed by atoms with Crippen LogP contribution in [-0.2, 0) is 4.79 Å². The van der Waals surface area contributed by atoms with E-state index in [-0.39, 0.29) is 17.9 Å². The number of anilines is 1. The minimum Gasteiger partial charge on any atom is -0.323 e. The third-order valence-electron chi connectivity index (χ3n) is 2.86. The van der Waals surface area contributed by atoms with Gasteiger partial charge in [-0.15, -0.1) is 11.3 Å². The highest BCUT2D eigenvalue weighted by molar-refractivity contribution is 7.13. The zero-order valence-corrected chi connectivity index (χ0v) is 12.2. The van der Waals surface area contributed by atoms with Gasteiger partial charge in [0.05, 0.1) is 5.69 Å². The first kappa shape index (κ1) is 15.1. The molecule has 4 nitrogen and oxygen atoms in total. The molecule has 0 aliphatic carbocycles. The number of carbonyl (C=O) groups excluding carboxylic acids is 1. The highest BCUT2D eigenvalue weighted by Crippen LogP contribution is 2.21. The standard InChI is InChI=1S/C13H23N3OS/c1-4-6-10(7-5-2)12(17)16-13-15-11(8-18-13)9(3)14/h8-10H,4-7,14H2,1-3H3,(H,15,16,17). The zero-order valence-electron chi connectivity index (χ0n) is 11.4. The molecule has 0 fully saturated rings. The summed E-state index contributed by atoms with van der Waals surface area (Å²) in [7, 11) is 0. The maximum absolute atomic E-state index is 12.1. The van der Waals surface area contributed by atoms with E-state index in [0.717, 1.165) is 31.4 Å². The summed E-state index contributed by atoms with van der Waals surface area (Å²) in [5, 5.41) is 5.45. The van der Waals surface area contributed by atoms with Crippen LogP contribution in [0.25, 0.3) is 0 Å². The van der Waals surface area contributed by atoms with Gasteiger partial charge in [-0.2, -0.15) is 0 Å². The lowest BCUT2D eigenvalue weighted by molar-refractivity contribution is -0.120. The van der Waals surface area contributed by atoms with Gasteiger partial charge < -0.3 is 11.1 Å². The number of carbonyl (C=O) groups is 1. The summed E-state index contributed by atoms with van der Waals surface area (Å²) in [6, 6.07) is -0.0889. The first-order valence-corrected chi connectivity index (χ1v) is 7.48. The van der Waals surface area contributed by atoms with E-state index in [9.17, 15) is 4.79 Å². The number of hydrogen-bond acceptors (Lipinski definition) is 4. The quantitative estimate of drug-likeness (QED) is 0.798. The summed E-state index contributed by atoms with van der Waals surface area (Å²) < 4.78 is 0. The number of nitrogens with zero attached hydrogens (tertiary/aromatic N) is 1. The average molecular weight is 269 g/mol.